The summed E-state index contributed by atoms with van der Waals surface area (Å²) in [7, 11) is 1.27. The highest BCUT2D eigenvalue weighted by Crippen LogP contribution is 2.53. The fourth-order valence-corrected chi connectivity index (χ4v) is 5.61. The molecule has 1 aromatic rings. The van der Waals surface area contributed by atoms with Crippen molar-refractivity contribution in [2.75, 3.05) is 20.2 Å². The molecular formula is C31H38N2O4. The van der Waals surface area contributed by atoms with Crippen molar-refractivity contribution < 1.29 is 20.5 Å². The first-order valence-electron chi connectivity index (χ1n) is 13.3. The molecule has 37 heavy (non-hydrogen) atoms. The zero-order valence-corrected chi connectivity index (χ0v) is 22.2. The molecule has 3 unspecified atom stereocenters. The van der Waals surface area contributed by atoms with Crippen molar-refractivity contribution in [2.45, 2.75) is 52.5 Å². The number of carbonyl (C=O) groups is 3. The van der Waals surface area contributed by atoms with E-state index in [0.717, 1.165) is 12.8 Å². The number of nitrogens with one attached hydrogen (secondary N) is 1. The van der Waals surface area contributed by atoms with Gasteiger partial charge >= 0.3 is 5.97 Å². The second-order valence-corrected chi connectivity index (χ2v) is 11.5. The minimum atomic E-state index is -0.990. The summed E-state index contributed by atoms with van der Waals surface area (Å²) in [4.78, 5) is 39.8. The number of hydrogen-bond acceptors (Lipinski definition) is 4. The predicted molar refractivity (Wildman–Crippen MR) is 146 cm³/mol. The summed E-state index contributed by atoms with van der Waals surface area (Å²) in [6, 6.07) is 7.58. The number of allylic oxidation sites excluding steroid dienone is 6. The lowest BCUT2D eigenvalue weighted by Crippen LogP contribution is -2.49. The normalized spacial score (nSPS) is 23.0. The molecule has 3 aliphatic carbocycles. The van der Waals surface area contributed by atoms with Crippen LogP contribution in [0, 0.1) is 17.3 Å². The molecule has 0 bridgehead atoms. The zero-order chi connectivity index (χ0) is 26.3. The van der Waals surface area contributed by atoms with E-state index in [0.29, 0.717) is 24.9 Å². The predicted octanol–water partition coefficient (Wildman–Crippen LogP) is 4.93. The molecule has 2 fully saturated rings. The van der Waals surface area contributed by atoms with E-state index in [1.807, 2.05) is 4.90 Å². The van der Waals surface area contributed by atoms with E-state index in [9.17, 15) is 14.4 Å². The van der Waals surface area contributed by atoms with Crippen molar-refractivity contribution in [2.24, 2.45) is 17.3 Å². The Balaban J connectivity index is 0.00000336. The van der Waals surface area contributed by atoms with Crippen LogP contribution < -0.4 is 5.32 Å². The SMILES string of the molecule is COC(=O)C(CC(=O)N1CCC(=C2C3=C(C=Cc4ccccc42)C2CC2C=C3)CC1)NC(=O)C(C)(C)C.[HH]. The molecule has 1 aliphatic heterocycles. The Morgan fingerprint density at radius 1 is 1.11 bits per heavy atom. The zero-order valence-electron chi connectivity index (χ0n) is 22.2. The number of esters is 1. The van der Waals surface area contributed by atoms with E-state index < -0.39 is 17.4 Å². The average molecular weight is 503 g/mol. The monoisotopic (exact) mass is 502 g/mol. The Morgan fingerprint density at radius 2 is 1.84 bits per heavy atom. The maximum absolute atomic E-state index is 13.2. The van der Waals surface area contributed by atoms with Gasteiger partial charge in [-0.25, -0.2) is 4.79 Å². The van der Waals surface area contributed by atoms with Gasteiger partial charge in [-0.15, -0.1) is 0 Å². The fourth-order valence-electron chi connectivity index (χ4n) is 5.61. The number of fused-ring (bicyclic) bond motifs is 3. The van der Waals surface area contributed by atoms with Gasteiger partial charge in [0, 0.05) is 19.9 Å². The van der Waals surface area contributed by atoms with Crippen molar-refractivity contribution in [1.29, 1.82) is 0 Å². The largest absolute Gasteiger partial charge is 0.467 e. The third kappa shape index (κ3) is 5.07. The molecule has 1 saturated heterocycles. The van der Waals surface area contributed by atoms with Gasteiger partial charge in [-0.05, 0) is 58.9 Å². The van der Waals surface area contributed by atoms with Gasteiger partial charge in [0.15, 0.2) is 0 Å². The number of amides is 2. The minimum Gasteiger partial charge on any atom is -0.467 e. The van der Waals surface area contributed by atoms with Gasteiger partial charge in [0.05, 0.1) is 13.5 Å². The number of likely N-dealkylation sites (tertiary alicyclic amines) is 1. The van der Waals surface area contributed by atoms with Gasteiger partial charge in [0.2, 0.25) is 11.8 Å². The molecule has 1 aromatic carbocycles. The minimum absolute atomic E-state index is 0. The van der Waals surface area contributed by atoms with Crippen LogP contribution in [0.3, 0.4) is 0 Å². The number of piperidine rings is 1. The Labute approximate surface area is 220 Å². The molecule has 3 atom stereocenters. The van der Waals surface area contributed by atoms with Crippen molar-refractivity contribution in [3.63, 3.8) is 0 Å². The average Bonchev–Trinajstić information content (AvgIpc) is 3.69. The molecule has 2 amide bonds. The highest BCUT2D eigenvalue weighted by molar-refractivity contribution is 5.93. The quantitative estimate of drug-likeness (QED) is 0.593. The molecular weight excluding hydrogens is 464 g/mol. The van der Waals surface area contributed by atoms with Crippen molar-refractivity contribution >= 4 is 29.4 Å². The first-order valence-corrected chi connectivity index (χ1v) is 13.3. The summed E-state index contributed by atoms with van der Waals surface area (Å²) < 4.78 is 4.87. The first kappa shape index (κ1) is 25.2. The lowest BCUT2D eigenvalue weighted by molar-refractivity contribution is -0.149. The fraction of sp³-hybridized carbons (Fsp3) is 0.452. The molecule has 5 rings (SSSR count). The van der Waals surface area contributed by atoms with Gasteiger partial charge in [-0.2, -0.15) is 0 Å². The number of hydrogen-bond donors (Lipinski definition) is 1. The molecule has 0 spiro atoms. The van der Waals surface area contributed by atoms with E-state index in [1.165, 1.54) is 46.9 Å². The molecule has 1 saturated carbocycles. The van der Waals surface area contributed by atoms with Gasteiger partial charge < -0.3 is 15.0 Å². The number of benzene rings is 1. The maximum Gasteiger partial charge on any atom is 0.328 e. The van der Waals surface area contributed by atoms with E-state index in [-0.39, 0.29) is 19.7 Å². The van der Waals surface area contributed by atoms with E-state index >= 15 is 0 Å². The molecule has 0 aromatic heterocycles. The van der Waals surface area contributed by atoms with Crippen molar-refractivity contribution in [1.82, 2.24) is 10.2 Å². The Bertz CT molecular complexity index is 1260. The Morgan fingerprint density at radius 3 is 2.54 bits per heavy atom. The van der Waals surface area contributed by atoms with E-state index in [4.69, 9.17) is 4.74 Å². The van der Waals surface area contributed by atoms with Gasteiger partial charge in [-0.3, -0.25) is 9.59 Å². The van der Waals surface area contributed by atoms with Crippen LogP contribution in [0.5, 0.6) is 0 Å². The van der Waals surface area contributed by atoms with Crippen molar-refractivity contribution in [3.05, 3.63) is 70.3 Å². The van der Waals surface area contributed by atoms with Crippen LogP contribution in [0.4, 0.5) is 0 Å². The third-order valence-corrected chi connectivity index (χ3v) is 7.93. The first-order chi connectivity index (χ1) is 17.7. The van der Waals surface area contributed by atoms with Crippen LogP contribution in [0.25, 0.3) is 11.6 Å². The number of nitrogens with zero attached hydrogens (tertiary/aromatic N) is 1. The van der Waals surface area contributed by atoms with E-state index in [2.05, 4.69) is 53.9 Å². The van der Waals surface area contributed by atoms with Crippen LogP contribution in [0.1, 0.15) is 59.0 Å². The highest BCUT2D eigenvalue weighted by Gasteiger charge is 2.42. The number of ether oxygens (including phenoxy) is 1. The molecule has 1 heterocycles. The molecule has 4 aliphatic rings. The van der Waals surface area contributed by atoms with E-state index in [1.54, 1.807) is 20.8 Å². The Hall–Kier alpha value is -3.41. The second-order valence-electron chi connectivity index (χ2n) is 11.5. The molecule has 196 valence electrons. The number of rotatable bonds is 4. The molecule has 6 nitrogen and oxygen atoms in total. The van der Waals surface area contributed by atoms with Gasteiger partial charge in [0.25, 0.3) is 0 Å². The lowest BCUT2D eigenvalue weighted by atomic mass is 9.83. The standard InChI is InChI=1S/C31H36N2O4.H2/c1-31(2,3)30(36)32-26(29(35)37-4)18-27(34)33-15-13-20(14-16-33)28-22-8-6-5-7-19(22)9-11-23-24(28)12-10-21-17-25(21)23;/h5-12,21,25-26H,13-18H2,1-4H3,(H,32,36);1H. The molecule has 1 N–H and O–H groups in total. The topological polar surface area (TPSA) is 75.7 Å². The summed E-state index contributed by atoms with van der Waals surface area (Å²) >= 11 is 0. The summed E-state index contributed by atoms with van der Waals surface area (Å²) in [5.74, 6) is 0.271. The van der Waals surface area contributed by atoms with Gasteiger partial charge in [0.1, 0.15) is 6.04 Å². The van der Waals surface area contributed by atoms with Gasteiger partial charge in [-0.1, -0.05) is 74.9 Å². The molecule has 0 radical (unpaired) electrons. The van der Waals surface area contributed by atoms with Crippen LogP contribution in [-0.2, 0) is 19.1 Å². The van der Waals surface area contributed by atoms with Crippen LogP contribution in [0.15, 0.2) is 59.2 Å². The smallest absolute Gasteiger partial charge is 0.328 e. The molecule has 6 heteroatoms. The van der Waals surface area contributed by atoms with Crippen LogP contribution in [0.2, 0.25) is 0 Å². The summed E-state index contributed by atoms with van der Waals surface area (Å²) in [6.45, 7) is 6.49. The Kier molecular flexibility index (Phi) is 6.69. The van der Waals surface area contributed by atoms with Crippen LogP contribution >= 0.6 is 0 Å². The third-order valence-electron chi connectivity index (χ3n) is 7.93. The summed E-state index contributed by atoms with van der Waals surface area (Å²) in [6.07, 6.45) is 11.9. The summed E-state index contributed by atoms with van der Waals surface area (Å²) in [5, 5.41) is 2.70. The van der Waals surface area contributed by atoms with Crippen LogP contribution in [-0.4, -0.2) is 48.9 Å². The lowest BCUT2D eigenvalue weighted by Gasteiger charge is -2.32. The second kappa shape index (κ2) is 9.81. The van der Waals surface area contributed by atoms with Crippen molar-refractivity contribution in [3.8, 4) is 0 Å². The number of carbonyl (C=O) groups excluding carboxylic acids is 3. The highest BCUT2D eigenvalue weighted by atomic mass is 16.5. The number of methoxy groups -OCH3 is 1. The summed E-state index contributed by atoms with van der Waals surface area (Å²) in [5.41, 5.74) is 7.31. The maximum atomic E-state index is 13.2.